The summed E-state index contributed by atoms with van der Waals surface area (Å²) in [5.74, 6) is 1.08. The van der Waals surface area contributed by atoms with Crippen molar-refractivity contribution in [2.24, 2.45) is 0 Å². The van der Waals surface area contributed by atoms with Gasteiger partial charge in [0.15, 0.2) is 0 Å². The van der Waals surface area contributed by atoms with Gasteiger partial charge in [-0.05, 0) is 38.0 Å². The number of fused-ring (bicyclic) bond motifs is 1. The molecule has 0 radical (unpaired) electrons. The number of aromatic nitrogens is 2. The Morgan fingerprint density at radius 2 is 2.22 bits per heavy atom. The molecule has 2 aromatic rings. The number of aryl methyl sites for hydroxylation is 2. The molecule has 1 unspecified atom stereocenters. The molecule has 0 saturated heterocycles. The molecule has 98 valence electrons. The Morgan fingerprint density at radius 3 is 2.89 bits per heavy atom. The Hall–Kier alpha value is -1.55. The van der Waals surface area contributed by atoms with Gasteiger partial charge < -0.3 is 15.4 Å². The number of hydrogen-bond donors (Lipinski definition) is 2. The van der Waals surface area contributed by atoms with E-state index in [1.807, 2.05) is 25.1 Å². The van der Waals surface area contributed by atoms with Crippen LogP contribution in [0.4, 0.5) is 5.69 Å². The van der Waals surface area contributed by atoms with E-state index >= 15 is 0 Å². The van der Waals surface area contributed by atoms with Gasteiger partial charge in [0, 0.05) is 18.7 Å². The first-order valence-electron chi connectivity index (χ1n) is 6.54. The van der Waals surface area contributed by atoms with Crippen molar-refractivity contribution in [1.29, 1.82) is 0 Å². The zero-order valence-electron chi connectivity index (χ0n) is 11.1. The average Bonchev–Trinajstić information content (AvgIpc) is 2.66. The predicted molar refractivity (Wildman–Crippen MR) is 74.4 cm³/mol. The van der Waals surface area contributed by atoms with Gasteiger partial charge in [0.25, 0.3) is 0 Å². The molecule has 1 heterocycles. The summed E-state index contributed by atoms with van der Waals surface area (Å²) in [5.41, 5.74) is 8.62. The molecular weight excluding hydrogens is 226 g/mol. The fourth-order valence-corrected chi connectivity index (χ4v) is 2.26. The maximum Gasteiger partial charge on any atom is 0.109 e. The standard InChI is InChI=1S/C14H21N3O/c1-3-14-16-12-9-11(15)6-7-13(12)17(14)8-4-5-10(2)18/h6-7,9-10,18H,3-5,8,15H2,1-2H3. The highest BCUT2D eigenvalue weighted by molar-refractivity contribution is 5.79. The Balaban J connectivity index is 2.29. The number of imidazole rings is 1. The minimum absolute atomic E-state index is 0.236. The number of rotatable bonds is 5. The quantitative estimate of drug-likeness (QED) is 0.797. The van der Waals surface area contributed by atoms with Crippen molar-refractivity contribution in [2.45, 2.75) is 45.8 Å². The first-order valence-corrected chi connectivity index (χ1v) is 6.54. The predicted octanol–water partition coefficient (Wildman–Crippen LogP) is 2.34. The summed E-state index contributed by atoms with van der Waals surface area (Å²) >= 11 is 0. The Morgan fingerprint density at radius 1 is 1.44 bits per heavy atom. The number of nitrogens with two attached hydrogens (primary N) is 1. The van der Waals surface area contributed by atoms with Gasteiger partial charge in [0.2, 0.25) is 0 Å². The van der Waals surface area contributed by atoms with E-state index in [9.17, 15) is 5.11 Å². The second kappa shape index (κ2) is 5.40. The van der Waals surface area contributed by atoms with E-state index in [4.69, 9.17) is 5.73 Å². The molecular formula is C14H21N3O. The summed E-state index contributed by atoms with van der Waals surface area (Å²) in [5, 5.41) is 9.32. The molecule has 0 saturated carbocycles. The number of aliphatic hydroxyl groups excluding tert-OH is 1. The van der Waals surface area contributed by atoms with Crippen LogP contribution in [-0.2, 0) is 13.0 Å². The molecule has 4 nitrogen and oxygen atoms in total. The Bertz CT molecular complexity index is 531. The summed E-state index contributed by atoms with van der Waals surface area (Å²) in [7, 11) is 0. The third-order valence-electron chi connectivity index (χ3n) is 3.17. The maximum absolute atomic E-state index is 9.32. The number of benzene rings is 1. The van der Waals surface area contributed by atoms with Crippen molar-refractivity contribution in [3.63, 3.8) is 0 Å². The molecule has 0 aliphatic heterocycles. The number of aliphatic hydroxyl groups is 1. The van der Waals surface area contributed by atoms with Gasteiger partial charge in [0.1, 0.15) is 5.82 Å². The fraction of sp³-hybridized carbons (Fsp3) is 0.500. The van der Waals surface area contributed by atoms with Gasteiger partial charge in [-0.3, -0.25) is 0 Å². The maximum atomic E-state index is 9.32. The first kappa shape index (κ1) is 12.9. The Kier molecular flexibility index (Phi) is 3.87. The SMILES string of the molecule is CCc1nc2cc(N)ccc2n1CCCC(C)O. The number of nitrogens with zero attached hydrogens (tertiary/aromatic N) is 2. The highest BCUT2D eigenvalue weighted by atomic mass is 16.3. The van der Waals surface area contributed by atoms with E-state index in [1.54, 1.807) is 0 Å². The lowest BCUT2D eigenvalue weighted by atomic mass is 10.2. The molecule has 0 amide bonds. The lowest BCUT2D eigenvalue weighted by Gasteiger charge is -2.09. The number of nitrogen functional groups attached to an aromatic ring is 1. The molecule has 18 heavy (non-hydrogen) atoms. The molecule has 0 aliphatic carbocycles. The van der Waals surface area contributed by atoms with Crippen LogP contribution in [0.1, 0.15) is 32.5 Å². The van der Waals surface area contributed by atoms with Crippen LogP contribution in [0.3, 0.4) is 0 Å². The lowest BCUT2D eigenvalue weighted by Crippen LogP contribution is -2.06. The molecule has 1 aromatic carbocycles. The molecule has 0 spiro atoms. The van der Waals surface area contributed by atoms with Crippen LogP contribution >= 0.6 is 0 Å². The zero-order valence-corrected chi connectivity index (χ0v) is 11.1. The van der Waals surface area contributed by atoms with E-state index in [0.717, 1.165) is 48.4 Å². The van der Waals surface area contributed by atoms with Crippen LogP contribution in [0.5, 0.6) is 0 Å². The van der Waals surface area contributed by atoms with E-state index < -0.39 is 0 Å². The smallest absolute Gasteiger partial charge is 0.109 e. The molecule has 4 heteroatoms. The normalized spacial score (nSPS) is 13.1. The van der Waals surface area contributed by atoms with Gasteiger partial charge in [-0.15, -0.1) is 0 Å². The molecule has 0 bridgehead atoms. The minimum atomic E-state index is -0.236. The molecule has 2 rings (SSSR count). The van der Waals surface area contributed by atoms with Crippen molar-refractivity contribution in [3.8, 4) is 0 Å². The van der Waals surface area contributed by atoms with Crippen LogP contribution in [0, 0.1) is 0 Å². The minimum Gasteiger partial charge on any atom is -0.399 e. The highest BCUT2D eigenvalue weighted by Gasteiger charge is 2.09. The van der Waals surface area contributed by atoms with Gasteiger partial charge in [-0.25, -0.2) is 4.98 Å². The van der Waals surface area contributed by atoms with E-state index in [-0.39, 0.29) is 6.10 Å². The topological polar surface area (TPSA) is 64.1 Å². The molecule has 1 atom stereocenters. The van der Waals surface area contributed by atoms with Crippen LogP contribution in [0.15, 0.2) is 18.2 Å². The third-order valence-corrected chi connectivity index (χ3v) is 3.17. The fourth-order valence-electron chi connectivity index (χ4n) is 2.26. The van der Waals surface area contributed by atoms with Crippen molar-refractivity contribution in [1.82, 2.24) is 9.55 Å². The number of anilines is 1. The van der Waals surface area contributed by atoms with Crippen LogP contribution in [0.2, 0.25) is 0 Å². The second-order valence-electron chi connectivity index (χ2n) is 4.77. The first-order chi connectivity index (χ1) is 8.61. The summed E-state index contributed by atoms with van der Waals surface area (Å²) < 4.78 is 2.23. The molecule has 0 fully saturated rings. The van der Waals surface area contributed by atoms with Crippen LogP contribution in [0.25, 0.3) is 11.0 Å². The molecule has 0 aliphatic rings. The molecule has 1 aromatic heterocycles. The summed E-state index contributed by atoms with van der Waals surface area (Å²) in [6.45, 7) is 4.83. The summed E-state index contributed by atoms with van der Waals surface area (Å²) in [6.07, 6.45) is 2.45. The van der Waals surface area contributed by atoms with Crippen LogP contribution < -0.4 is 5.73 Å². The van der Waals surface area contributed by atoms with Crippen molar-refractivity contribution in [2.75, 3.05) is 5.73 Å². The summed E-state index contributed by atoms with van der Waals surface area (Å²) in [4.78, 5) is 4.61. The number of hydrogen-bond acceptors (Lipinski definition) is 3. The van der Waals surface area contributed by atoms with Gasteiger partial charge >= 0.3 is 0 Å². The monoisotopic (exact) mass is 247 g/mol. The largest absolute Gasteiger partial charge is 0.399 e. The van der Waals surface area contributed by atoms with Crippen molar-refractivity contribution >= 4 is 16.7 Å². The average molecular weight is 247 g/mol. The van der Waals surface area contributed by atoms with Crippen molar-refractivity contribution in [3.05, 3.63) is 24.0 Å². The molecule has 3 N–H and O–H groups in total. The van der Waals surface area contributed by atoms with Gasteiger partial charge in [0.05, 0.1) is 17.1 Å². The van der Waals surface area contributed by atoms with E-state index in [1.165, 1.54) is 0 Å². The van der Waals surface area contributed by atoms with E-state index in [0.29, 0.717) is 0 Å². The van der Waals surface area contributed by atoms with Crippen molar-refractivity contribution < 1.29 is 5.11 Å². The van der Waals surface area contributed by atoms with Crippen LogP contribution in [-0.4, -0.2) is 20.8 Å². The van der Waals surface area contributed by atoms with E-state index in [2.05, 4.69) is 16.5 Å². The lowest BCUT2D eigenvalue weighted by molar-refractivity contribution is 0.179. The Labute approximate surface area is 107 Å². The zero-order chi connectivity index (χ0) is 13.1. The van der Waals surface area contributed by atoms with Gasteiger partial charge in [-0.1, -0.05) is 6.92 Å². The third kappa shape index (κ3) is 2.64. The highest BCUT2D eigenvalue weighted by Crippen LogP contribution is 2.20. The summed E-state index contributed by atoms with van der Waals surface area (Å²) in [6, 6.07) is 5.85. The second-order valence-corrected chi connectivity index (χ2v) is 4.77. The van der Waals surface area contributed by atoms with Gasteiger partial charge in [-0.2, -0.15) is 0 Å².